The van der Waals surface area contributed by atoms with Crippen LogP contribution in [0.5, 0.6) is 0 Å². The zero-order valence-corrected chi connectivity index (χ0v) is 9.62. The minimum atomic E-state index is -0.470. The molecule has 1 aromatic carbocycles. The summed E-state index contributed by atoms with van der Waals surface area (Å²) < 4.78 is 0. The summed E-state index contributed by atoms with van der Waals surface area (Å²) in [6, 6.07) is 6.92. The summed E-state index contributed by atoms with van der Waals surface area (Å²) in [4.78, 5) is 25.8. The summed E-state index contributed by atoms with van der Waals surface area (Å²) >= 11 is 0. The largest absolute Gasteiger partial charge is 0.366 e. The van der Waals surface area contributed by atoms with Crippen molar-refractivity contribution in [2.24, 2.45) is 5.73 Å². The molecule has 2 rings (SSSR count). The molecule has 2 aromatic rings. The predicted molar refractivity (Wildman–Crippen MR) is 66.1 cm³/mol. The summed E-state index contributed by atoms with van der Waals surface area (Å²) in [5, 5.41) is 0.912. The van der Waals surface area contributed by atoms with Crippen molar-refractivity contribution in [3.8, 4) is 0 Å². The first-order valence-corrected chi connectivity index (χ1v) is 5.57. The van der Waals surface area contributed by atoms with Crippen molar-refractivity contribution in [3.05, 3.63) is 35.5 Å². The summed E-state index contributed by atoms with van der Waals surface area (Å²) in [5.41, 5.74) is 6.99. The van der Waals surface area contributed by atoms with Gasteiger partial charge < -0.3 is 10.7 Å². The van der Waals surface area contributed by atoms with Crippen molar-refractivity contribution >= 4 is 22.6 Å². The number of nitrogens with one attached hydrogen (secondary N) is 1. The lowest BCUT2D eigenvalue weighted by atomic mass is 10.1. The van der Waals surface area contributed by atoms with Crippen molar-refractivity contribution in [2.45, 2.75) is 19.8 Å². The Hall–Kier alpha value is -2.10. The van der Waals surface area contributed by atoms with Gasteiger partial charge in [-0.2, -0.15) is 0 Å². The fourth-order valence-corrected chi connectivity index (χ4v) is 1.79. The molecule has 1 amide bonds. The van der Waals surface area contributed by atoms with Crippen LogP contribution >= 0.6 is 0 Å². The summed E-state index contributed by atoms with van der Waals surface area (Å²) in [7, 11) is 0. The lowest BCUT2D eigenvalue weighted by molar-refractivity contribution is 0.0975. The zero-order valence-electron chi connectivity index (χ0n) is 9.62. The van der Waals surface area contributed by atoms with E-state index in [1.807, 2.05) is 6.92 Å². The van der Waals surface area contributed by atoms with Gasteiger partial charge in [-0.25, -0.2) is 0 Å². The van der Waals surface area contributed by atoms with Crippen molar-refractivity contribution in [1.82, 2.24) is 4.98 Å². The van der Waals surface area contributed by atoms with Crippen LogP contribution in [0.1, 0.15) is 40.6 Å². The molecule has 4 nitrogen and oxygen atoms in total. The second-order valence-electron chi connectivity index (χ2n) is 4.02. The third kappa shape index (κ3) is 2.20. The number of rotatable bonds is 4. The van der Waals surface area contributed by atoms with E-state index < -0.39 is 5.91 Å². The number of primary amides is 1. The van der Waals surface area contributed by atoms with E-state index in [0.717, 1.165) is 17.3 Å². The smallest absolute Gasteiger partial charge is 0.248 e. The number of carbonyl (C=O) groups excluding carboxylic acids is 2. The van der Waals surface area contributed by atoms with Gasteiger partial charge in [0.05, 0.1) is 5.69 Å². The maximum atomic E-state index is 11.7. The highest BCUT2D eigenvalue weighted by atomic mass is 16.1. The molecule has 17 heavy (non-hydrogen) atoms. The normalized spacial score (nSPS) is 10.6. The molecule has 88 valence electrons. The van der Waals surface area contributed by atoms with Crippen LogP contribution in [0.3, 0.4) is 0 Å². The molecular formula is C13H14N2O2. The van der Waals surface area contributed by atoms with Crippen molar-refractivity contribution in [2.75, 3.05) is 0 Å². The Morgan fingerprint density at radius 1 is 1.29 bits per heavy atom. The van der Waals surface area contributed by atoms with Crippen molar-refractivity contribution < 1.29 is 9.59 Å². The number of hydrogen-bond donors (Lipinski definition) is 2. The van der Waals surface area contributed by atoms with E-state index in [-0.39, 0.29) is 5.78 Å². The molecule has 0 bridgehead atoms. The molecule has 0 saturated heterocycles. The van der Waals surface area contributed by atoms with Gasteiger partial charge >= 0.3 is 0 Å². The second kappa shape index (κ2) is 4.41. The van der Waals surface area contributed by atoms with E-state index in [1.165, 1.54) is 0 Å². The van der Waals surface area contributed by atoms with Gasteiger partial charge in [0.25, 0.3) is 0 Å². The third-order valence-electron chi connectivity index (χ3n) is 2.68. The standard InChI is InChI=1S/C13H14N2O2/c1-2-3-12(16)11-6-8-4-5-9(13(14)17)7-10(8)15-11/h4-7,15H,2-3H2,1H3,(H2,14,17). The fraction of sp³-hybridized carbons (Fsp3) is 0.231. The number of aromatic amines is 1. The number of H-pyrrole nitrogens is 1. The SMILES string of the molecule is CCCC(=O)c1cc2ccc(C(N)=O)cc2[nH]1. The van der Waals surface area contributed by atoms with Gasteiger partial charge in [0.15, 0.2) is 5.78 Å². The number of nitrogens with two attached hydrogens (primary N) is 1. The first-order valence-electron chi connectivity index (χ1n) is 5.57. The van der Waals surface area contributed by atoms with E-state index in [2.05, 4.69) is 4.98 Å². The fourth-order valence-electron chi connectivity index (χ4n) is 1.79. The van der Waals surface area contributed by atoms with E-state index >= 15 is 0 Å². The highest BCUT2D eigenvalue weighted by Gasteiger charge is 2.09. The molecule has 0 saturated carbocycles. The Bertz CT molecular complexity index is 584. The molecule has 0 atom stereocenters. The van der Waals surface area contributed by atoms with Crippen LogP contribution in [0, 0.1) is 0 Å². The third-order valence-corrected chi connectivity index (χ3v) is 2.68. The van der Waals surface area contributed by atoms with E-state index in [4.69, 9.17) is 5.73 Å². The van der Waals surface area contributed by atoms with Crippen LogP contribution < -0.4 is 5.73 Å². The Kier molecular flexibility index (Phi) is 2.95. The first kappa shape index (κ1) is 11.4. The molecule has 0 aliphatic carbocycles. The van der Waals surface area contributed by atoms with E-state index in [1.54, 1.807) is 24.3 Å². The number of carbonyl (C=O) groups is 2. The van der Waals surface area contributed by atoms with Gasteiger partial charge in [-0.1, -0.05) is 13.0 Å². The van der Waals surface area contributed by atoms with Crippen LogP contribution in [-0.2, 0) is 0 Å². The molecule has 0 fully saturated rings. The maximum Gasteiger partial charge on any atom is 0.248 e. The van der Waals surface area contributed by atoms with Gasteiger partial charge in [0.2, 0.25) is 5.91 Å². The molecular weight excluding hydrogens is 216 g/mol. The Balaban J connectivity index is 2.43. The number of fused-ring (bicyclic) bond motifs is 1. The second-order valence-corrected chi connectivity index (χ2v) is 4.02. The van der Waals surface area contributed by atoms with Crippen LogP contribution in [0.2, 0.25) is 0 Å². The molecule has 0 aliphatic heterocycles. The van der Waals surface area contributed by atoms with Crippen LogP contribution in [-0.4, -0.2) is 16.7 Å². The number of Topliss-reactive ketones (excluding diaryl/α,β-unsaturated/α-hetero) is 1. The lowest BCUT2D eigenvalue weighted by Crippen LogP contribution is -2.10. The quantitative estimate of drug-likeness (QED) is 0.790. The molecule has 1 aromatic heterocycles. The van der Waals surface area contributed by atoms with Gasteiger partial charge in [-0.3, -0.25) is 9.59 Å². The van der Waals surface area contributed by atoms with Gasteiger partial charge in [0, 0.05) is 22.9 Å². The maximum absolute atomic E-state index is 11.7. The molecule has 1 heterocycles. The molecule has 0 radical (unpaired) electrons. The first-order chi connectivity index (χ1) is 8.11. The van der Waals surface area contributed by atoms with Crippen molar-refractivity contribution in [1.29, 1.82) is 0 Å². The topological polar surface area (TPSA) is 76.0 Å². The van der Waals surface area contributed by atoms with E-state index in [9.17, 15) is 9.59 Å². The number of ketones is 1. The number of benzene rings is 1. The average molecular weight is 230 g/mol. The number of amides is 1. The summed E-state index contributed by atoms with van der Waals surface area (Å²) in [6.45, 7) is 1.96. The Morgan fingerprint density at radius 3 is 2.71 bits per heavy atom. The number of hydrogen-bond acceptors (Lipinski definition) is 2. The van der Waals surface area contributed by atoms with Gasteiger partial charge in [0.1, 0.15) is 0 Å². The highest BCUT2D eigenvalue weighted by Crippen LogP contribution is 2.18. The number of aromatic nitrogens is 1. The van der Waals surface area contributed by atoms with E-state index in [0.29, 0.717) is 17.7 Å². The minimum Gasteiger partial charge on any atom is -0.366 e. The summed E-state index contributed by atoms with van der Waals surface area (Å²) in [6.07, 6.45) is 1.34. The molecule has 4 heteroatoms. The van der Waals surface area contributed by atoms with Crippen LogP contribution in [0.15, 0.2) is 24.3 Å². The minimum absolute atomic E-state index is 0.0873. The molecule has 3 N–H and O–H groups in total. The van der Waals surface area contributed by atoms with Crippen LogP contribution in [0.25, 0.3) is 10.9 Å². The van der Waals surface area contributed by atoms with Gasteiger partial charge in [-0.15, -0.1) is 0 Å². The predicted octanol–water partition coefficient (Wildman–Crippen LogP) is 2.25. The zero-order chi connectivity index (χ0) is 12.4. The van der Waals surface area contributed by atoms with Crippen molar-refractivity contribution in [3.63, 3.8) is 0 Å². The lowest BCUT2D eigenvalue weighted by Gasteiger charge is -1.95. The monoisotopic (exact) mass is 230 g/mol. The Morgan fingerprint density at radius 2 is 2.06 bits per heavy atom. The molecule has 0 aliphatic rings. The van der Waals surface area contributed by atoms with Gasteiger partial charge in [-0.05, 0) is 24.6 Å². The highest BCUT2D eigenvalue weighted by molar-refractivity contribution is 6.01. The Labute approximate surface area is 98.8 Å². The molecule has 0 spiro atoms. The summed E-state index contributed by atoms with van der Waals surface area (Å²) in [5.74, 6) is -0.382. The molecule has 0 unspecified atom stereocenters. The average Bonchev–Trinajstić information content (AvgIpc) is 2.71. The van der Waals surface area contributed by atoms with Crippen LogP contribution in [0.4, 0.5) is 0 Å².